The van der Waals surface area contributed by atoms with Crippen LogP contribution in [0.1, 0.15) is 45.4 Å². The summed E-state index contributed by atoms with van der Waals surface area (Å²) in [5.41, 5.74) is 0. The van der Waals surface area contributed by atoms with Gasteiger partial charge in [0, 0.05) is 12.6 Å². The summed E-state index contributed by atoms with van der Waals surface area (Å²) in [6.45, 7) is 1.99. The van der Waals surface area contributed by atoms with E-state index >= 15 is 0 Å². The van der Waals surface area contributed by atoms with Crippen LogP contribution in [0.4, 0.5) is 0 Å². The van der Waals surface area contributed by atoms with Crippen molar-refractivity contribution in [2.45, 2.75) is 51.5 Å². The highest BCUT2D eigenvalue weighted by Crippen LogP contribution is 2.30. The largest absolute Gasteiger partial charge is 0.481 e. The fraction of sp³-hybridized carbons (Fsp3) is 0.846. The van der Waals surface area contributed by atoms with Crippen molar-refractivity contribution in [1.29, 1.82) is 0 Å². The van der Waals surface area contributed by atoms with Crippen LogP contribution < -0.4 is 5.32 Å². The van der Waals surface area contributed by atoms with Crippen LogP contribution in [0.2, 0.25) is 0 Å². The fourth-order valence-electron chi connectivity index (χ4n) is 2.56. The molecule has 0 saturated heterocycles. The first kappa shape index (κ1) is 15.0. The quantitative estimate of drug-likeness (QED) is 0.666. The highest BCUT2D eigenvalue weighted by atomic mass is 16.4. The van der Waals surface area contributed by atoms with Gasteiger partial charge >= 0.3 is 5.97 Å². The number of carbonyl (C=O) groups excluding carboxylic acids is 1. The van der Waals surface area contributed by atoms with E-state index in [1.165, 1.54) is 0 Å². The third-order valence-corrected chi connectivity index (χ3v) is 3.60. The number of carbonyl (C=O) groups is 2. The van der Waals surface area contributed by atoms with Crippen molar-refractivity contribution in [3.8, 4) is 0 Å². The van der Waals surface area contributed by atoms with Gasteiger partial charge in [0.25, 0.3) is 0 Å². The van der Waals surface area contributed by atoms with E-state index in [-0.39, 0.29) is 18.6 Å². The van der Waals surface area contributed by atoms with Crippen LogP contribution in [-0.2, 0) is 9.59 Å². The molecule has 0 aliphatic heterocycles. The summed E-state index contributed by atoms with van der Waals surface area (Å²) in [5, 5.41) is 20.7. The molecule has 5 nitrogen and oxygen atoms in total. The number of hydrogen-bond donors (Lipinski definition) is 3. The smallest absolute Gasteiger partial charge is 0.307 e. The van der Waals surface area contributed by atoms with Crippen molar-refractivity contribution in [2.75, 3.05) is 6.61 Å². The van der Waals surface area contributed by atoms with Crippen molar-refractivity contribution >= 4 is 11.9 Å². The molecule has 1 aliphatic rings. The number of carboxylic acids is 1. The number of nitrogens with one attached hydrogen (secondary N) is 1. The summed E-state index contributed by atoms with van der Waals surface area (Å²) < 4.78 is 0. The Morgan fingerprint density at radius 3 is 2.44 bits per heavy atom. The van der Waals surface area contributed by atoms with Gasteiger partial charge in [-0.05, 0) is 32.6 Å². The van der Waals surface area contributed by atoms with E-state index in [1.54, 1.807) is 0 Å². The average Bonchev–Trinajstić information content (AvgIpc) is 2.36. The first-order valence-corrected chi connectivity index (χ1v) is 6.70. The molecule has 1 fully saturated rings. The average molecular weight is 257 g/mol. The Morgan fingerprint density at radius 1 is 1.28 bits per heavy atom. The normalized spacial score (nSPS) is 25.4. The number of aliphatic hydroxyl groups excluding tert-OH is 1. The molecular weight excluding hydrogens is 234 g/mol. The molecule has 0 radical (unpaired) electrons. The molecule has 1 aliphatic carbocycles. The Bertz CT molecular complexity index is 293. The van der Waals surface area contributed by atoms with Crippen LogP contribution in [0.3, 0.4) is 0 Å². The summed E-state index contributed by atoms with van der Waals surface area (Å²) in [5.74, 6) is -1.94. The number of hydrogen-bond acceptors (Lipinski definition) is 3. The van der Waals surface area contributed by atoms with E-state index in [0.29, 0.717) is 25.7 Å². The number of carboxylic acid groups (broad SMARTS) is 1. The Labute approximate surface area is 108 Å². The summed E-state index contributed by atoms with van der Waals surface area (Å²) in [7, 11) is 0. The monoisotopic (exact) mass is 257 g/mol. The molecule has 3 atom stereocenters. The minimum atomic E-state index is -0.863. The molecule has 1 amide bonds. The molecule has 0 aromatic carbocycles. The summed E-state index contributed by atoms with van der Waals surface area (Å²) >= 11 is 0. The van der Waals surface area contributed by atoms with Crippen molar-refractivity contribution in [3.63, 3.8) is 0 Å². The lowest BCUT2D eigenvalue weighted by Crippen LogP contribution is -2.43. The molecule has 5 heteroatoms. The van der Waals surface area contributed by atoms with Gasteiger partial charge in [-0.1, -0.05) is 12.8 Å². The zero-order valence-electron chi connectivity index (χ0n) is 10.9. The first-order valence-electron chi connectivity index (χ1n) is 6.70. The van der Waals surface area contributed by atoms with Crippen molar-refractivity contribution in [1.82, 2.24) is 5.32 Å². The fourth-order valence-corrected chi connectivity index (χ4v) is 2.56. The molecule has 104 valence electrons. The molecule has 1 saturated carbocycles. The number of aliphatic carboxylic acids is 1. The van der Waals surface area contributed by atoms with Crippen LogP contribution in [0.15, 0.2) is 0 Å². The molecule has 3 unspecified atom stereocenters. The Kier molecular flexibility index (Phi) is 6.12. The molecule has 0 heterocycles. The molecule has 3 N–H and O–H groups in total. The maximum atomic E-state index is 12.0. The lowest BCUT2D eigenvalue weighted by molar-refractivity contribution is -0.149. The van der Waals surface area contributed by atoms with Gasteiger partial charge in [-0.25, -0.2) is 0 Å². The molecule has 18 heavy (non-hydrogen) atoms. The second kappa shape index (κ2) is 7.36. The highest BCUT2D eigenvalue weighted by molar-refractivity contribution is 5.85. The van der Waals surface area contributed by atoms with E-state index in [1.807, 2.05) is 6.92 Å². The van der Waals surface area contributed by atoms with E-state index in [4.69, 9.17) is 10.2 Å². The second-order valence-electron chi connectivity index (χ2n) is 5.11. The van der Waals surface area contributed by atoms with Gasteiger partial charge in [-0.15, -0.1) is 0 Å². The van der Waals surface area contributed by atoms with Gasteiger partial charge in [0.15, 0.2) is 0 Å². The first-order chi connectivity index (χ1) is 8.56. The van der Waals surface area contributed by atoms with Crippen LogP contribution in [0.25, 0.3) is 0 Å². The lowest BCUT2D eigenvalue weighted by atomic mass is 9.78. The van der Waals surface area contributed by atoms with Gasteiger partial charge in [0.2, 0.25) is 5.91 Å². The van der Waals surface area contributed by atoms with Crippen molar-refractivity contribution < 1.29 is 19.8 Å². The third kappa shape index (κ3) is 4.29. The molecule has 0 bridgehead atoms. The van der Waals surface area contributed by atoms with Gasteiger partial charge in [0.05, 0.1) is 11.8 Å². The van der Waals surface area contributed by atoms with Gasteiger partial charge in [-0.2, -0.15) is 0 Å². The lowest BCUT2D eigenvalue weighted by Gasteiger charge is -2.28. The Balaban J connectivity index is 2.50. The van der Waals surface area contributed by atoms with Crippen LogP contribution >= 0.6 is 0 Å². The van der Waals surface area contributed by atoms with E-state index in [0.717, 1.165) is 12.8 Å². The minimum absolute atomic E-state index is 0.0129. The third-order valence-electron chi connectivity index (χ3n) is 3.60. The molecular formula is C13H23NO4. The maximum absolute atomic E-state index is 12.0. The number of amides is 1. The van der Waals surface area contributed by atoms with Crippen LogP contribution in [0.5, 0.6) is 0 Å². The summed E-state index contributed by atoms with van der Waals surface area (Å²) in [4.78, 5) is 23.2. The maximum Gasteiger partial charge on any atom is 0.307 e. The molecule has 0 spiro atoms. The Morgan fingerprint density at radius 2 is 1.89 bits per heavy atom. The number of rotatable bonds is 6. The predicted molar refractivity (Wildman–Crippen MR) is 67.0 cm³/mol. The SMILES string of the molecule is CC(CCCO)NC(=O)C1CCCCC1C(=O)O. The van der Waals surface area contributed by atoms with E-state index < -0.39 is 17.8 Å². The highest BCUT2D eigenvalue weighted by Gasteiger charge is 2.35. The van der Waals surface area contributed by atoms with Crippen LogP contribution in [0, 0.1) is 11.8 Å². The molecule has 0 aromatic rings. The predicted octanol–water partition coefficient (Wildman–Crippen LogP) is 1.15. The van der Waals surface area contributed by atoms with E-state index in [2.05, 4.69) is 5.32 Å². The molecule has 1 rings (SSSR count). The van der Waals surface area contributed by atoms with Crippen LogP contribution in [-0.4, -0.2) is 34.7 Å². The van der Waals surface area contributed by atoms with Gasteiger partial charge in [-0.3, -0.25) is 9.59 Å². The topological polar surface area (TPSA) is 86.6 Å². The van der Waals surface area contributed by atoms with Gasteiger partial charge < -0.3 is 15.5 Å². The molecule has 0 aromatic heterocycles. The minimum Gasteiger partial charge on any atom is -0.481 e. The second-order valence-corrected chi connectivity index (χ2v) is 5.11. The Hall–Kier alpha value is -1.10. The van der Waals surface area contributed by atoms with Crippen molar-refractivity contribution in [2.24, 2.45) is 11.8 Å². The summed E-state index contributed by atoms with van der Waals surface area (Å²) in [6, 6.07) is -0.0129. The van der Waals surface area contributed by atoms with Crippen molar-refractivity contribution in [3.05, 3.63) is 0 Å². The van der Waals surface area contributed by atoms with Gasteiger partial charge in [0.1, 0.15) is 0 Å². The summed E-state index contributed by atoms with van der Waals surface area (Å²) in [6.07, 6.45) is 4.43. The number of aliphatic hydroxyl groups is 1. The zero-order chi connectivity index (χ0) is 13.5. The van der Waals surface area contributed by atoms with E-state index in [9.17, 15) is 9.59 Å². The standard InChI is InChI=1S/C13H23NO4/c1-9(5-4-8-15)14-12(16)10-6-2-3-7-11(10)13(17)18/h9-11,15H,2-8H2,1H3,(H,14,16)(H,17,18). The zero-order valence-corrected chi connectivity index (χ0v) is 10.9.